The Morgan fingerprint density at radius 2 is 1.67 bits per heavy atom. The molecule has 3 N–H and O–H groups in total. The van der Waals surface area contributed by atoms with Crippen molar-refractivity contribution in [3.63, 3.8) is 0 Å². The largest absolute Gasteiger partial charge is 0.371 e. The van der Waals surface area contributed by atoms with Crippen LogP contribution in [0.4, 0.5) is 15.8 Å². The van der Waals surface area contributed by atoms with Gasteiger partial charge in [0.1, 0.15) is 17.5 Å². The predicted molar refractivity (Wildman–Crippen MR) is 136 cm³/mol. The number of para-hydroxylation sites is 1. The number of carbonyl (C=O) groups excluding carboxylic acids is 1. The van der Waals surface area contributed by atoms with Crippen LogP contribution in [0.5, 0.6) is 0 Å². The van der Waals surface area contributed by atoms with Gasteiger partial charge >= 0.3 is 0 Å². The molecule has 1 aromatic heterocycles. The molecule has 0 radical (unpaired) electrons. The van der Waals surface area contributed by atoms with Crippen LogP contribution >= 0.6 is 0 Å². The minimum absolute atomic E-state index is 0.126. The lowest BCUT2D eigenvalue weighted by molar-refractivity contribution is 0.0906. The standard InChI is InChI=1S/C27H28FN7O/c1-26(2,3)35-24(32-33-34-35)23(17-9-13-19(28)14-10-17)29-20-15-11-18(12-16-20)27(4)30-22-8-6-5-7-21(22)25(36)31-27/h5-16,23,29-30H,1-4H3,(H,31,36). The number of nitrogens with zero attached hydrogens (tertiary/aromatic N) is 4. The fourth-order valence-electron chi connectivity index (χ4n) is 4.40. The molecule has 184 valence electrons. The first-order valence-electron chi connectivity index (χ1n) is 11.8. The summed E-state index contributed by atoms with van der Waals surface area (Å²) in [6.45, 7) is 8.00. The summed E-state index contributed by atoms with van der Waals surface area (Å²) < 4.78 is 15.4. The van der Waals surface area contributed by atoms with Crippen LogP contribution in [0.2, 0.25) is 0 Å². The quantitative estimate of drug-likeness (QED) is 0.376. The van der Waals surface area contributed by atoms with Gasteiger partial charge in [-0.25, -0.2) is 9.07 Å². The second-order valence-corrected chi connectivity index (χ2v) is 10.1. The van der Waals surface area contributed by atoms with Gasteiger partial charge in [0, 0.05) is 11.4 Å². The first-order chi connectivity index (χ1) is 17.1. The van der Waals surface area contributed by atoms with Crippen LogP contribution in [0.1, 0.15) is 61.0 Å². The van der Waals surface area contributed by atoms with E-state index in [9.17, 15) is 9.18 Å². The number of tetrazole rings is 1. The number of rotatable bonds is 5. The Hall–Kier alpha value is -4.27. The number of anilines is 2. The average Bonchev–Trinajstić information content (AvgIpc) is 3.34. The SMILES string of the molecule is CC1(c2ccc(NC(c3ccc(F)cc3)c3nnnn3C(C)(C)C)cc2)NC(=O)c2ccccc2N1. The van der Waals surface area contributed by atoms with Gasteiger partial charge < -0.3 is 16.0 Å². The van der Waals surface area contributed by atoms with E-state index in [2.05, 4.69) is 31.5 Å². The maximum Gasteiger partial charge on any atom is 0.255 e. The summed E-state index contributed by atoms with van der Waals surface area (Å²) in [5.74, 6) is 0.177. The normalized spacial score (nSPS) is 18.1. The maximum absolute atomic E-state index is 13.7. The molecule has 2 atom stereocenters. The van der Waals surface area contributed by atoms with E-state index in [0.29, 0.717) is 11.4 Å². The zero-order chi connectivity index (χ0) is 25.5. The van der Waals surface area contributed by atoms with E-state index >= 15 is 0 Å². The molecule has 1 aliphatic heterocycles. The van der Waals surface area contributed by atoms with Crippen molar-refractivity contribution >= 4 is 17.3 Å². The number of carbonyl (C=O) groups is 1. The summed E-state index contributed by atoms with van der Waals surface area (Å²) in [6, 6.07) is 21.1. The van der Waals surface area contributed by atoms with Crippen LogP contribution in [0, 0.1) is 5.82 Å². The summed E-state index contributed by atoms with van der Waals surface area (Å²) in [7, 11) is 0. The van der Waals surface area contributed by atoms with Crippen molar-refractivity contribution in [3.8, 4) is 0 Å². The molecule has 0 saturated heterocycles. The molecule has 0 spiro atoms. The van der Waals surface area contributed by atoms with E-state index < -0.39 is 11.7 Å². The Kier molecular flexibility index (Phi) is 5.70. The van der Waals surface area contributed by atoms with Gasteiger partial charge in [0.05, 0.1) is 11.1 Å². The van der Waals surface area contributed by atoms with Crippen molar-refractivity contribution in [1.82, 2.24) is 25.5 Å². The van der Waals surface area contributed by atoms with Crippen molar-refractivity contribution in [2.45, 2.75) is 44.9 Å². The summed E-state index contributed by atoms with van der Waals surface area (Å²) >= 11 is 0. The lowest BCUT2D eigenvalue weighted by Crippen LogP contribution is -2.52. The van der Waals surface area contributed by atoms with E-state index in [4.69, 9.17) is 0 Å². The van der Waals surface area contributed by atoms with Gasteiger partial charge in [-0.05, 0) is 85.6 Å². The molecule has 4 aromatic rings. The first-order valence-corrected chi connectivity index (χ1v) is 11.8. The highest BCUT2D eigenvalue weighted by Crippen LogP contribution is 2.33. The van der Waals surface area contributed by atoms with E-state index in [1.54, 1.807) is 22.9 Å². The zero-order valence-electron chi connectivity index (χ0n) is 20.6. The molecule has 2 heterocycles. The summed E-state index contributed by atoms with van der Waals surface area (Å²) in [5, 5.41) is 22.4. The fourth-order valence-corrected chi connectivity index (χ4v) is 4.40. The molecule has 1 aliphatic rings. The number of hydrogen-bond acceptors (Lipinski definition) is 6. The van der Waals surface area contributed by atoms with Gasteiger partial charge in [-0.2, -0.15) is 0 Å². The number of benzene rings is 3. The van der Waals surface area contributed by atoms with Crippen molar-refractivity contribution in [1.29, 1.82) is 0 Å². The highest BCUT2D eigenvalue weighted by atomic mass is 19.1. The van der Waals surface area contributed by atoms with Crippen LogP contribution in [0.25, 0.3) is 0 Å². The Morgan fingerprint density at radius 3 is 2.36 bits per heavy atom. The monoisotopic (exact) mass is 485 g/mol. The van der Waals surface area contributed by atoms with Crippen LogP contribution in [0.15, 0.2) is 72.8 Å². The van der Waals surface area contributed by atoms with Crippen LogP contribution in [-0.2, 0) is 11.2 Å². The topological polar surface area (TPSA) is 96.8 Å². The molecular weight excluding hydrogens is 457 g/mol. The van der Waals surface area contributed by atoms with Gasteiger partial charge in [-0.15, -0.1) is 5.10 Å². The first kappa shape index (κ1) is 23.5. The molecule has 36 heavy (non-hydrogen) atoms. The number of nitrogens with one attached hydrogen (secondary N) is 3. The lowest BCUT2D eigenvalue weighted by atomic mass is 9.96. The average molecular weight is 486 g/mol. The second kappa shape index (κ2) is 8.75. The smallest absolute Gasteiger partial charge is 0.255 e. The number of amides is 1. The number of halogens is 1. The van der Waals surface area contributed by atoms with E-state index in [0.717, 1.165) is 22.5 Å². The van der Waals surface area contributed by atoms with Crippen molar-refractivity contribution in [2.24, 2.45) is 0 Å². The highest BCUT2D eigenvalue weighted by Gasteiger charge is 2.34. The van der Waals surface area contributed by atoms with E-state index in [1.165, 1.54) is 12.1 Å². The van der Waals surface area contributed by atoms with E-state index in [-0.39, 0.29) is 17.3 Å². The Balaban J connectivity index is 1.45. The van der Waals surface area contributed by atoms with E-state index in [1.807, 2.05) is 70.2 Å². The molecule has 2 unspecified atom stereocenters. The molecule has 0 saturated carbocycles. The summed E-state index contributed by atoms with van der Waals surface area (Å²) in [4.78, 5) is 12.7. The molecule has 0 aliphatic carbocycles. The Morgan fingerprint density at radius 1 is 0.972 bits per heavy atom. The van der Waals surface area contributed by atoms with Crippen molar-refractivity contribution in [3.05, 3.63) is 101 Å². The fraction of sp³-hybridized carbons (Fsp3) is 0.259. The van der Waals surface area contributed by atoms with Gasteiger partial charge in [0.2, 0.25) is 0 Å². The lowest BCUT2D eigenvalue weighted by Gasteiger charge is -2.38. The molecule has 1 amide bonds. The summed E-state index contributed by atoms with van der Waals surface area (Å²) in [6.07, 6.45) is 0. The molecular formula is C27H28FN7O. The maximum atomic E-state index is 13.7. The van der Waals surface area contributed by atoms with Crippen LogP contribution < -0.4 is 16.0 Å². The van der Waals surface area contributed by atoms with Crippen LogP contribution in [0.3, 0.4) is 0 Å². The number of hydrogen-bond donors (Lipinski definition) is 3. The minimum Gasteiger partial charge on any atom is -0.371 e. The van der Waals surface area contributed by atoms with Gasteiger partial charge in [0.25, 0.3) is 5.91 Å². The zero-order valence-corrected chi connectivity index (χ0v) is 20.6. The van der Waals surface area contributed by atoms with Gasteiger partial charge in [0.15, 0.2) is 5.82 Å². The van der Waals surface area contributed by atoms with Gasteiger partial charge in [-0.1, -0.05) is 36.4 Å². The van der Waals surface area contributed by atoms with Gasteiger partial charge in [-0.3, -0.25) is 4.79 Å². The van der Waals surface area contributed by atoms with Crippen molar-refractivity contribution < 1.29 is 9.18 Å². The molecule has 3 aromatic carbocycles. The summed E-state index contributed by atoms with van der Waals surface area (Å²) in [5.41, 5.74) is 2.83. The number of aromatic nitrogens is 4. The number of fused-ring (bicyclic) bond motifs is 1. The predicted octanol–water partition coefficient (Wildman–Crippen LogP) is 4.80. The van der Waals surface area contributed by atoms with Crippen LogP contribution in [-0.4, -0.2) is 26.1 Å². The molecule has 8 nitrogen and oxygen atoms in total. The highest BCUT2D eigenvalue weighted by molar-refractivity contribution is 6.02. The second-order valence-electron chi connectivity index (χ2n) is 10.1. The third-order valence-electron chi connectivity index (χ3n) is 6.28. The minimum atomic E-state index is -0.767. The van der Waals surface area contributed by atoms with Crippen molar-refractivity contribution in [2.75, 3.05) is 10.6 Å². The molecule has 0 fully saturated rings. The Bertz CT molecular complexity index is 1390. The molecule has 0 bridgehead atoms. The molecule has 5 rings (SSSR count). The Labute approximate surface area is 208 Å². The third-order valence-corrected chi connectivity index (χ3v) is 6.28. The molecule has 9 heteroatoms. The third kappa shape index (κ3) is 4.39.